The van der Waals surface area contributed by atoms with Gasteiger partial charge in [0.15, 0.2) is 5.78 Å². The SMILES string of the molecule is CN(CC(=O)c1ccc(-c2noc(C(F)(F)F)n2)cc1)S(=O)(=O)Cc1ccccc1. The summed E-state index contributed by atoms with van der Waals surface area (Å²) >= 11 is 0. The molecule has 0 N–H and O–H groups in total. The van der Waals surface area contributed by atoms with Crippen LogP contribution in [0.1, 0.15) is 21.8 Å². The van der Waals surface area contributed by atoms with E-state index in [1.165, 1.54) is 31.3 Å². The molecule has 0 aliphatic rings. The third kappa shape index (κ3) is 5.10. The molecule has 11 heteroatoms. The Kier molecular flexibility index (Phi) is 6.04. The van der Waals surface area contributed by atoms with Crippen molar-refractivity contribution < 1.29 is 30.9 Å². The molecule has 158 valence electrons. The number of hydrogen-bond donors (Lipinski definition) is 0. The Morgan fingerprint density at radius 2 is 1.70 bits per heavy atom. The number of hydrogen-bond acceptors (Lipinski definition) is 6. The number of alkyl halides is 3. The normalized spacial score (nSPS) is 12.3. The van der Waals surface area contributed by atoms with Gasteiger partial charge in [0, 0.05) is 18.2 Å². The Bertz CT molecular complexity index is 1130. The van der Waals surface area contributed by atoms with Crippen LogP contribution in [-0.4, -0.2) is 42.2 Å². The van der Waals surface area contributed by atoms with Crippen molar-refractivity contribution in [2.24, 2.45) is 0 Å². The zero-order valence-electron chi connectivity index (χ0n) is 15.6. The second-order valence-electron chi connectivity index (χ2n) is 6.42. The molecule has 0 unspecified atom stereocenters. The molecule has 0 spiro atoms. The van der Waals surface area contributed by atoms with E-state index in [-0.39, 0.29) is 29.2 Å². The van der Waals surface area contributed by atoms with Gasteiger partial charge in [0.2, 0.25) is 15.8 Å². The Morgan fingerprint density at radius 3 is 2.27 bits per heavy atom. The number of carbonyl (C=O) groups is 1. The highest BCUT2D eigenvalue weighted by atomic mass is 32.2. The molecule has 0 saturated heterocycles. The third-order valence-electron chi connectivity index (χ3n) is 4.17. The lowest BCUT2D eigenvalue weighted by Gasteiger charge is -2.16. The van der Waals surface area contributed by atoms with E-state index in [1.807, 2.05) is 0 Å². The molecule has 0 radical (unpaired) electrons. The Morgan fingerprint density at radius 1 is 1.07 bits per heavy atom. The summed E-state index contributed by atoms with van der Waals surface area (Å²) in [7, 11) is -2.40. The van der Waals surface area contributed by atoms with Gasteiger partial charge in [0.05, 0.1) is 12.3 Å². The predicted molar refractivity (Wildman–Crippen MR) is 101 cm³/mol. The average molecular weight is 439 g/mol. The third-order valence-corrected chi connectivity index (χ3v) is 5.94. The maximum atomic E-state index is 12.5. The van der Waals surface area contributed by atoms with E-state index >= 15 is 0 Å². The van der Waals surface area contributed by atoms with E-state index in [0.717, 1.165) is 4.31 Å². The molecular formula is C19H16F3N3O4S. The Labute approximate surface area is 170 Å². The highest BCUT2D eigenvalue weighted by molar-refractivity contribution is 7.88. The van der Waals surface area contributed by atoms with Crippen molar-refractivity contribution in [1.82, 2.24) is 14.4 Å². The fourth-order valence-electron chi connectivity index (χ4n) is 2.55. The number of aromatic nitrogens is 2. The van der Waals surface area contributed by atoms with Crippen LogP contribution in [0.2, 0.25) is 0 Å². The van der Waals surface area contributed by atoms with E-state index in [0.29, 0.717) is 5.56 Å². The van der Waals surface area contributed by atoms with Crippen LogP contribution in [0.4, 0.5) is 13.2 Å². The standard InChI is InChI=1S/C19H16F3N3O4S/c1-25(30(27,28)12-13-5-3-2-4-6-13)11-16(26)14-7-9-15(10-8-14)17-23-18(29-24-17)19(20,21)22/h2-10H,11-12H2,1H3. The smallest absolute Gasteiger partial charge is 0.329 e. The summed E-state index contributed by atoms with van der Waals surface area (Å²) in [5.74, 6) is -2.45. The summed E-state index contributed by atoms with van der Waals surface area (Å²) in [5.41, 5.74) is 1.01. The number of Topliss-reactive ketones (excluding diaryl/α,β-unsaturated/α-hetero) is 1. The second-order valence-corrected chi connectivity index (χ2v) is 8.50. The van der Waals surface area contributed by atoms with Gasteiger partial charge in [0.1, 0.15) is 0 Å². The summed E-state index contributed by atoms with van der Waals surface area (Å²) in [6, 6.07) is 14.0. The topological polar surface area (TPSA) is 93.4 Å². The molecule has 2 aromatic carbocycles. The van der Waals surface area contributed by atoms with Gasteiger partial charge < -0.3 is 4.52 Å². The van der Waals surface area contributed by atoms with Crippen molar-refractivity contribution in [2.45, 2.75) is 11.9 Å². The molecule has 3 rings (SSSR count). The predicted octanol–water partition coefficient (Wildman–Crippen LogP) is 3.40. The van der Waals surface area contributed by atoms with Crippen molar-refractivity contribution in [1.29, 1.82) is 0 Å². The average Bonchev–Trinajstić information content (AvgIpc) is 3.19. The Hall–Kier alpha value is -3.05. The van der Waals surface area contributed by atoms with Gasteiger partial charge in [-0.05, 0) is 5.56 Å². The first-order valence-electron chi connectivity index (χ1n) is 8.59. The number of halogens is 3. The fraction of sp³-hybridized carbons (Fsp3) is 0.211. The molecule has 0 bridgehead atoms. The minimum Gasteiger partial charge on any atom is -0.329 e. The van der Waals surface area contributed by atoms with Gasteiger partial charge in [-0.2, -0.15) is 22.5 Å². The molecule has 1 aromatic heterocycles. The lowest BCUT2D eigenvalue weighted by atomic mass is 10.1. The number of rotatable bonds is 7. The lowest BCUT2D eigenvalue weighted by Crippen LogP contribution is -2.33. The molecule has 0 aliphatic heterocycles. The maximum absolute atomic E-state index is 12.5. The molecule has 0 aliphatic carbocycles. The minimum absolute atomic E-state index is 0.194. The highest BCUT2D eigenvalue weighted by Gasteiger charge is 2.38. The molecule has 0 fully saturated rings. The van der Waals surface area contributed by atoms with Gasteiger partial charge in [-0.25, -0.2) is 8.42 Å². The first-order valence-corrected chi connectivity index (χ1v) is 10.2. The maximum Gasteiger partial charge on any atom is 0.471 e. The molecular weight excluding hydrogens is 423 g/mol. The number of ketones is 1. The van der Waals surface area contributed by atoms with Crippen LogP contribution < -0.4 is 0 Å². The Balaban J connectivity index is 1.68. The quantitative estimate of drug-likeness (QED) is 0.524. The lowest BCUT2D eigenvalue weighted by molar-refractivity contribution is -0.159. The van der Waals surface area contributed by atoms with Crippen molar-refractivity contribution >= 4 is 15.8 Å². The monoisotopic (exact) mass is 439 g/mol. The van der Waals surface area contributed by atoms with E-state index in [1.54, 1.807) is 30.3 Å². The summed E-state index contributed by atoms with van der Waals surface area (Å²) in [5, 5.41) is 3.27. The van der Waals surface area contributed by atoms with Crippen LogP contribution in [0.15, 0.2) is 59.1 Å². The van der Waals surface area contributed by atoms with Crippen molar-refractivity contribution in [3.8, 4) is 11.4 Å². The van der Waals surface area contributed by atoms with E-state index in [9.17, 15) is 26.4 Å². The fourth-order valence-corrected chi connectivity index (χ4v) is 3.70. The first kappa shape index (κ1) is 21.7. The van der Waals surface area contributed by atoms with Crippen LogP contribution in [0.5, 0.6) is 0 Å². The van der Waals surface area contributed by atoms with Crippen LogP contribution in [0, 0.1) is 0 Å². The van der Waals surface area contributed by atoms with E-state index in [2.05, 4.69) is 14.7 Å². The molecule has 7 nitrogen and oxygen atoms in total. The summed E-state index contributed by atoms with van der Waals surface area (Å²) < 4.78 is 67.7. The number of benzene rings is 2. The molecule has 30 heavy (non-hydrogen) atoms. The zero-order chi connectivity index (χ0) is 21.9. The van der Waals surface area contributed by atoms with E-state index in [4.69, 9.17) is 0 Å². The molecule has 3 aromatic rings. The number of sulfonamides is 1. The molecule has 1 heterocycles. The number of nitrogens with zero attached hydrogens (tertiary/aromatic N) is 3. The van der Waals surface area contributed by atoms with Gasteiger partial charge >= 0.3 is 12.1 Å². The van der Waals surface area contributed by atoms with Crippen LogP contribution in [0.25, 0.3) is 11.4 Å². The summed E-state index contributed by atoms with van der Waals surface area (Å²) in [6.45, 7) is -0.380. The van der Waals surface area contributed by atoms with Crippen LogP contribution in [0.3, 0.4) is 0 Å². The number of likely N-dealkylation sites (N-methyl/N-ethyl adjacent to an activating group) is 1. The zero-order valence-corrected chi connectivity index (χ0v) is 16.4. The highest BCUT2D eigenvalue weighted by Crippen LogP contribution is 2.29. The molecule has 0 saturated carbocycles. The first-order chi connectivity index (χ1) is 14.1. The van der Waals surface area contributed by atoms with Crippen LogP contribution >= 0.6 is 0 Å². The number of carbonyl (C=O) groups excluding carboxylic acids is 1. The van der Waals surface area contributed by atoms with E-state index < -0.39 is 27.9 Å². The summed E-state index contributed by atoms with van der Waals surface area (Å²) in [4.78, 5) is 15.7. The van der Waals surface area contributed by atoms with Crippen molar-refractivity contribution in [3.05, 3.63) is 71.6 Å². The molecule has 0 atom stereocenters. The second kappa shape index (κ2) is 8.36. The van der Waals surface area contributed by atoms with Crippen LogP contribution in [-0.2, 0) is 22.0 Å². The van der Waals surface area contributed by atoms with Gasteiger partial charge in [0.25, 0.3) is 0 Å². The van der Waals surface area contributed by atoms with Gasteiger partial charge in [-0.15, -0.1) is 0 Å². The summed E-state index contributed by atoms with van der Waals surface area (Å²) in [6.07, 6.45) is -4.75. The van der Waals surface area contributed by atoms with Crippen molar-refractivity contribution in [3.63, 3.8) is 0 Å². The molecule has 0 amide bonds. The minimum atomic E-state index is -4.75. The van der Waals surface area contributed by atoms with Gasteiger partial charge in [-0.1, -0.05) is 59.8 Å². The van der Waals surface area contributed by atoms with Gasteiger partial charge in [-0.3, -0.25) is 4.79 Å². The largest absolute Gasteiger partial charge is 0.471 e. The van der Waals surface area contributed by atoms with Crippen molar-refractivity contribution in [2.75, 3.05) is 13.6 Å².